The molecule has 0 aliphatic rings. The van der Waals surface area contributed by atoms with E-state index in [4.69, 9.17) is 0 Å². The second-order valence-corrected chi connectivity index (χ2v) is 12.2. The number of Topliss-reactive ketones (excluding diaryl/α,β-unsaturated/α-hetero) is 1. The minimum absolute atomic E-state index is 0.0380. The second-order valence-electron chi connectivity index (χ2n) is 12.2. The molecule has 0 heterocycles. The predicted molar refractivity (Wildman–Crippen MR) is 161 cm³/mol. The van der Waals surface area contributed by atoms with Crippen molar-refractivity contribution in [2.24, 2.45) is 11.8 Å². The fourth-order valence-corrected chi connectivity index (χ4v) is 5.41. The van der Waals surface area contributed by atoms with Crippen molar-refractivity contribution >= 4 is 11.8 Å². The Bertz CT molecular complexity index is 499. The lowest BCUT2D eigenvalue weighted by Crippen LogP contribution is -2.23. The number of carbonyl (C=O) groups is 2. The molecule has 0 aliphatic carbocycles. The predicted octanol–water partition coefficient (Wildman–Crippen LogP) is 11.5. The van der Waals surface area contributed by atoms with Gasteiger partial charge in [0.05, 0.1) is 0 Å². The van der Waals surface area contributed by atoms with Gasteiger partial charge in [-0.25, -0.2) is 0 Å². The molecule has 3 nitrogen and oxygen atoms in total. The molecule has 0 bridgehead atoms. The van der Waals surface area contributed by atoms with Crippen LogP contribution in [0.2, 0.25) is 0 Å². The van der Waals surface area contributed by atoms with E-state index >= 15 is 0 Å². The van der Waals surface area contributed by atoms with Crippen molar-refractivity contribution in [3.8, 4) is 0 Å². The highest BCUT2D eigenvalue weighted by Crippen LogP contribution is 2.19. The van der Waals surface area contributed by atoms with E-state index in [1.807, 2.05) is 0 Å². The number of unbranched alkanes of at least 4 members (excludes halogenated alkanes) is 22. The maximum Gasteiger partial charge on any atom is 0.314 e. The first-order valence-corrected chi connectivity index (χ1v) is 16.7. The van der Waals surface area contributed by atoms with Crippen LogP contribution in [-0.4, -0.2) is 16.9 Å². The summed E-state index contributed by atoms with van der Waals surface area (Å²) in [7, 11) is 0. The molecule has 0 amide bonds. The summed E-state index contributed by atoms with van der Waals surface area (Å²) < 4.78 is 0. The van der Waals surface area contributed by atoms with Crippen molar-refractivity contribution in [2.45, 2.75) is 194 Å². The van der Waals surface area contributed by atoms with Crippen LogP contribution in [-0.2, 0) is 9.59 Å². The van der Waals surface area contributed by atoms with E-state index in [9.17, 15) is 14.7 Å². The maximum atomic E-state index is 12.5. The van der Waals surface area contributed by atoms with Crippen LogP contribution in [0.3, 0.4) is 0 Å². The molecule has 1 N–H and O–H groups in total. The molecule has 0 saturated carbocycles. The SMILES string of the molecule is CCCCCCCCCCCCCCC(C(=O)O)C(=O)CCCCCCCCCCCCCCC(C)C. The Kier molecular flexibility index (Phi) is 27.5. The summed E-state index contributed by atoms with van der Waals surface area (Å²) in [5, 5.41) is 9.53. The number of ketones is 1. The van der Waals surface area contributed by atoms with E-state index in [0.717, 1.165) is 31.6 Å². The highest BCUT2D eigenvalue weighted by Gasteiger charge is 2.24. The van der Waals surface area contributed by atoms with Crippen LogP contribution in [0.15, 0.2) is 0 Å². The Morgan fingerprint density at radius 2 is 0.811 bits per heavy atom. The average molecular weight is 523 g/mol. The van der Waals surface area contributed by atoms with Gasteiger partial charge in [-0.3, -0.25) is 9.59 Å². The topological polar surface area (TPSA) is 54.4 Å². The molecule has 0 aromatic rings. The summed E-state index contributed by atoms with van der Waals surface area (Å²) in [4.78, 5) is 24.1. The molecule has 0 spiro atoms. The number of rotatable bonds is 30. The monoisotopic (exact) mass is 523 g/mol. The number of aliphatic carboxylic acids is 1. The number of carbonyl (C=O) groups excluding carboxylic acids is 1. The van der Waals surface area contributed by atoms with Crippen LogP contribution < -0.4 is 0 Å². The number of carboxylic acid groups (broad SMARTS) is 1. The van der Waals surface area contributed by atoms with Crippen molar-refractivity contribution in [3.05, 3.63) is 0 Å². The molecule has 0 aliphatic heterocycles. The highest BCUT2D eigenvalue weighted by atomic mass is 16.4. The maximum absolute atomic E-state index is 12.5. The number of carboxylic acids is 1. The van der Waals surface area contributed by atoms with E-state index in [-0.39, 0.29) is 5.78 Å². The van der Waals surface area contributed by atoms with E-state index < -0.39 is 11.9 Å². The molecule has 0 aromatic heterocycles. The molecule has 220 valence electrons. The van der Waals surface area contributed by atoms with Gasteiger partial charge in [0.1, 0.15) is 11.7 Å². The second kappa shape index (κ2) is 28.2. The van der Waals surface area contributed by atoms with Gasteiger partial charge in [0.15, 0.2) is 0 Å². The van der Waals surface area contributed by atoms with Crippen LogP contribution in [0.1, 0.15) is 194 Å². The van der Waals surface area contributed by atoms with Gasteiger partial charge in [-0.05, 0) is 18.8 Å². The Balaban J connectivity index is 3.56. The minimum Gasteiger partial charge on any atom is -0.481 e. The quantitative estimate of drug-likeness (QED) is 0.0753. The Labute approximate surface area is 232 Å². The third-order valence-corrected chi connectivity index (χ3v) is 7.99. The molecule has 1 unspecified atom stereocenters. The summed E-state index contributed by atoms with van der Waals surface area (Å²) in [6.45, 7) is 6.88. The van der Waals surface area contributed by atoms with Gasteiger partial charge in [-0.15, -0.1) is 0 Å². The fourth-order valence-electron chi connectivity index (χ4n) is 5.41. The molecule has 0 radical (unpaired) electrons. The zero-order chi connectivity index (χ0) is 27.4. The molecule has 3 heteroatoms. The van der Waals surface area contributed by atoms with Crippen molar-refractivity contribution in [3.63, 3.8) is 0 Å². The van der Waals surface area contributed by atoms with Gasteiger partial charge >= 0.3 is 5.97 Å². The van der Waals surface area contributed by atoms with Crippen LogP contribution in [0.25, 0.3) is 0 Å². The van der Waals surface area contributed by atoms with Crippen molar-refractivity contribution in [1.29, 1.82) is 0 Å². The average Bonchev–Trinajstić information content (AvgIpc) is 2.86. The standard InChI is InChI=1S/C34H66O3/c1-4-5-6-7-8-9-10-14-17-20-23-26-29-32(34(36)37)33(35)30-27-24-21-18-15-12-11-13-16-19-22-25-28-31(2)3/h31-32H,4-30H2,1-3H3,(H,36,37). The van der Waals surface area contributed by atoms with Crippen molar-refractivity contribution < 1.29 is 14.7 Å². The first-order valence-electron chi connectivity index (χ1n) is 16.7. The van der Waals surface area contributed by atoms with Gasteiger partial charge in [0.2, 0.25) is 0 Å². The van der Waals surface area contributed by atoms with Crippen LogP contribution in [0, 0.1) is 11.8 Å². The molecular formula is C34H66O3. The lowest BCUT2D eigenvalue weighted by atomic mass is 9.93. The Morgan fingerprint density at radius 3 is 1.16 bits per heavy atom. The van der Waals surface area contributed by atoms with E-state index in [1.54, 1.807) is 0 Å². The van der Waals surface area contributed by atoms with Crippen LogP contribution in [0.5, 0.6) is 0 Å². The van der Waals surface area contributed by atoms with Gasteiger partial charge in [-0.1, -0.05) is 175 Å². The van der Waals surface area contributed by atoms with Crippen LogP contribution >= 0.6 is 0 Å². The lowest BCUT2D eigenvalue weighted by Gasteiger charge is -2.11. The normalized spacial score (nSPS) is 12.3. The minimum atomic E-state index is -0.909. The Morgan fingerprint density at radius 1 is 0.486 bits per heavy atom. The summed E-state index contributed by atoms with van der Waals surface area (Å²) >= 11 is 0. The number of hydrogen-bond donors (Lipinski definition) is 1. The molecule has 1 atom stereocenters. The molecule has 0 fully saturated rings. The van der Waals surface area contributed by atoms with Crippen LogP contribution in [0.4, 0.5) is 0 Å². The third kappa shape index (κ3) is 26.5. The smallest absolute Gasteiger partial charge is 0.314 e. The van der Waals surface area contributed by atoms with Gasteiger partial charge in [0, 0.05) is 6.42 Å². The first kappa shape index (κ1) is 36.1. The van der Waals surface area contributed by atoms with Crippen molar-refractivity contribution in [1.82, 2.24) is 0 Å². The molecule has 37 heavy (non-hydrogen) atoms. The van der Waals surface area contributed by atoms with E-state index in [2.05, 4.69) is 20.8 Å². The largest absolute Gasteiger partial charge is 0.481 e. The van der Waals surface area contributed by atoms with Gasteiger partial charge < -0.3 is 5.11 Å². The summed E-state index contributed by atoms with van der Waals surface area (Å²) in [5.74, 6) is -0.869. The highest BCUT2D eigenvalue weighted by molar-refractivity contribution is 5.98. The molecular weight excluding hydrogens is 456 g/mol. The first-order chi connectivity index (χ1) is 18.0. The van der Waals surface area contributed by atoms with E-state index in [1.165, 1.54) is 135 Å². The van der Waals surface area contributed by atoms with E-state index in [0.29, 0.717) is 12.8 Å². The van der Waals surface area contributed by atoms with Crippen molar-refractivity contribution in [2.75, 3.05) is 0 Å². The lowest BCUT2D eigenvalue weighted by molar-refractivity contribution is -0.146. The van der Waals surface area contributed by atoms with Gasteiger partial charge in [-0.2, -0.15) is 0 Å². The summed E-state index contributed by atoms with van der Waals surface area (Å²) in [6, 6.07) is 0. The molecule has 0 aromatic carbocycles. The fraction of sp³-hybridized carbons (Fsp3) is 0.941. The third-order valence-electron chi connectivity index (χ3n) is 7.99. The molecule has 0 saturated heterocycles. The Hall–Kier alpha value is -0.860. The van der Waals surface area contributed by atoms with Gasteiger partial charge in [0.25, 0.3) is 0 Å². The summed E-state index contributed by atoms with van der Waals surface area (Å²) in [5.41, 5.74) is 0. The summed E-state index contributed by atoms with van der Waals surface area (Å²) in [6.07, 6.45) is 32.9. The molecule has 0 rings (SSSR count). The zero-order valence-corrected chi connectivity index (χ0v) is 25.5. The zero-order valence-electron chi connectivity index (χ0n) is 25.5. The number of hydrogen-bond acceptors (Lipinski definition) is 2.